The Morgan fingerprint density at radius 3 is 2.95 bits per heavy atom. The van der Waals surface area contributed by atoms with E-state index < -0.39 is 11.5 Å². The molecule has 1 aromatic carbocycles. The molecule has 1 amide bonds. The lowest BCUT2D eigenvalue weighted by molar-refractivity contribution is -0.121. The smallest absolute Gasteiger partial charge is 0.338 e. The van der Waals surface area contributed by atoms with Crippen molar-refractivity contribution >= 4 is 17.6 Å². The van der Waals surface area contributed by atoms with E-state index in [1.165, 1.54) is 0 Å². The Hall–Kier alpha value is -1.92. The molecule has 1 fully saturated rings. The van der Waals surface area contributed by atoms with Crippen LogP contribution >= 0.6 is 0 Å². The Morgan fingerprint density at radius 1 is 1.50 bits per heavy atom. The number of anilines is 1. The molecular weight excluding hydrogens is 260 g/mol. The molecule has 0 saturated carbocycles. The van der Waals surface area contributed by atoms with E-state index in [0.717, 1.165) is 0 Å². The van der Waals surface area contributed by atoms with Gasteiger partial charge in [0.25, 0.3) is 0 Å². The minimum atomic E-state index is -1.00. The zero-order valence-corrected chi connectivity index (χ0v) is 11.3. The van der Waals surface area contributed by atoms with Gasteiger partial charge in [-0.2, -0.15) is 0 Å². The summed E-state index contributed by atoms with van der Waals surface area (Å²) in [5, 5.41) is 2.71. The number of carbonyl (C=O) groups excluding carboxylic acids is 2. The third-order valence-corrected chi connectivity index (χ3v) is 3.14. The van der Waals surface area contributed by atoms with E-state index in [1.807, 2.05) is 0 Å². The molecule has 1 unspecified atom stereocenters. The van der Waals surface area contributed by atoms with E-state index >= 15 is 0 Å². The predicted octanol–water partition coefficient (Wildman–Crippen LogP) is 0.920. The van der Waals surface area contributed by atoms with E-state index in [1.54, 1.807) is 31.2 Å². The van der Waals surface area contributed by atoms with Crippen molar-refractivity contribution in [3.63, 3.8) is 0 Å². The average molecular weight is 278 g/mol. The molecule has 0 bridgehead atoms. The molecule has 0 spiro atoms. The summed E-state index contributed by atoms with van der Waals surface area (Å²) in [6.07, 6.45) is 0.483. The van der Waals surface area contributed by atoms with Gasteiger partial charge in [0.15, 0.2) is 0 Å². The Kier molecular flexibility index (Phi) is 4.36. The largest absolute Gasteiger partial charge is 0.462 e. The van der Waals surface area contributed by atoms with Crippen LogP contribution in [0.1, 0.15) is 23.7 Å². The SMILES string of the molecule is CCOC(=O)c1cccc(NC(=O)C2(N)CCOC2)c1. The van der Waals surface area contributed by atoms with Crippen molar-refractivity contribution in [1.82, 2.24) is 0 Å². The minimum absolute atomic E-state index is 0.205. The number of rotatable bonds is 4. The molecule has 20 heavy (non-hydrogen) atoms. The van der Waals surface area contributed by atoms with Gasteiger partial charge in [-0.1, -0.05) is 6.07 Å². The van der Waals surface area contributed by atoms with Crippen molar-refractivity contribution in [2.45, 2.75) is 18.9 Å². The topological polar surface area (TPSA) is 90.7 Å². The Morgan fingerprint density at radius 2 is 2.30 bits per heavy atom. The number of amides is 1. The normalized spacial score (nSPS) is 21.5. The van der Waals surface area contributed by atoms with Crippen LogP contribution in [0.3, 0.4) is 0 Å². The quantitative estimate of drug-likeness (QED) is 0.799. The van der Waals surface area contributed by atoms with Crippen molar-refractivity contribution < 1.29 is 19.1 Å². The van der Waals surface area contributed by atoms with Crippen LogP contribution in [0, 0.1) is 0 Å². The predicted molar refractivity (Wildman–Crippen MR) is 73.4 cm³/mol. The van der Waals surface area contributed by atoms with E-state index in [0.29, 0.717) is 30.9 Å². The number of nitrogens with one attached hydrogen (secondary N) is 1. The summed E-state index contributed by atoms with van der Waals surface area (Å²) >= 11 is 0. The molecule has 1 aliphatic heterocycles. The van der Waals surface area contributed by atoms with Crippen LogP contribution in [0.25, 0.3) is 0 Å². The van der Waals surface area contributed by atoms with Gasteiger partial charge in [0.1, 0.15) is 5.54 Å². The van der Waals surface area contributed by atoms with Crippen LogP contribution < -0.4 is 11.1 Å². The first-order valence-corrected chi connectivity index (χ1v) is 6.50. The lowest BCUT2D eigenvalue weighted by Gasteiger charge is -2.20. The van der Waals surface area contributed by atoms with E-state index in [9.17, 15) is 9.59 Å². The molecule has 0 aromatic heterocycles. The van der Waals surface area contributed by atoms with Gasteiger partial charge in [-0.05, 0) is 31.5 Å². The standard InChI is InChI=1S/C14H18N2O4/c1-2-20-12(17)10-4-3-5-11(8-10)16-13(18)14(15)6-7-19-9-14/h3-5,8H,2,6-7,9,15H2,1H3,(H,16,18). The van der Waals surface area contributed by atoms with E-state index in [4.69, 9.17) is 15.2 Å². The van der Waals surface area contributed by atoms with Crippen LogP contribution in [0.5, 0.6) is 0 Å². The summed E-state index contributed by atoms with van der Waals surface area (Å²) in [6, 6.07) is 6.57. The van der Waals surface area contributed by atoms with E-state index in [2.05, 4.69) is 5.32 Å². The fraction of sp³-hybridized carbons (Fsp3) is 0.429. The number of esters is 1. The van der Waals surface area contributed by atoms with Gasteiger partial charge < -0.3 is 20.5 Å². The number of carbonyl (C=O) groups is 2. The fourth-order valence-corrected chi connectivity index (χ4v) is 1.95. The molecular formula is C14H18N2O4. The molecule has 0 radical (unpaired) electrons. The van der Waals surface area contributed by atoms with Crippen LogP contribution in [0.15, 0.2) is 24.3 Å². The fourth-order valence-electron chi connectivity index (χ4n) is 1.95. The van der Waals surface area contributed by atoms with Crippen LogP contribution in [0.4, 0.5) is 5.69 Å². The monoisotopic (exact) mass is 278 g/mol. The molecule has 1 aliphatic rings. The summed E-state index contributed by atoms with van der Waals surface area (Å²) in [4.78, 5) is 23.7. The molecule has 3 N–H and O–H groups in total. The maximum atomic E-state index is 12.1. The third kappa shape index (κ3) is 3.15. The van der Waals surface area contributed by atoms with Crippen LogP contribution in [0.2, 0.25) is 0 Å². The van der Waals surface area contributed by atoms with Gasteiger partial charge >= 0.3 is 5.97 Å². The van der Waals surface area contributed by atoms with Crippen molar-refractivity contribution in [3.8, 4) is 0 Å². The Labute approximate surface area is 117 Å². The first-order valence-electron chi connectivity index (χ1n) is 6.50. The number of hydrogen-bond acceptors (Lipinski definition) is 5. The number of ether oxygens (including phenoxy) is 2. The van der Waals surface area contributed by atoms with Gasteiger partial charge in [0.05, 0.1) is 18.8 Å². The highest BCUT2D eigenvalue weighted by Gasteiger charge is 2.38. The number of nitrogens with two attached hydrogens (primary N) is 1. The van der Waals surface area contributed by atoms with Crippen molar-refractivity contribution in [2.24, 2.45) is 5.73 Å². The molecule has 6 heteroatoms. The second-order valence-corrected chi connectivity index (χ2v) is 4.71. The summed E-state index contributed by atoms with van der Waals surface area (Å²) < 4.78 is 10.1. The van der Waals surface area contributed by atoms with Gasteiger partial charge in [-0.15, -0.1) is 0 Å². The minimum Gasteiger partial charge on any atom is -0.462 e. The van der Waals surface area contributed by atoms with Crippen molar-refractivity contribution in [2.75, 3.05) is 25.1 Å². The first kappa shape index (κ1) is 14.5. The highest BCUT2D eigenvalue weighted by molar-refractivity contribution is 5.99. The molecule has 108 valence electrons. The maximum absolute atomic E-state index is 12.1. The Balaban J connectivity index is 2.08. The zero-order chi connectivity index (χ0) is 14.6. The Bertz CT molecular complexity index is 510. The second kappa shape index (κ2) is 6.02. The summed E-state index contributed by atoms with van der Waals surface area (Å²) in [7, 11) is 0. The number of benzene rings is 1. The lowest BCUT2D eigenvalue weighted by Crippen LogP contribution is -2.51. The summed E-state index contributed by atoms with van der Waals surface area (Å²) in [5.74, 6) is -0.730. The highest BCUT2D eigenvalue weighted by atomic mass is 16.5. The molecule has 1 saturated heterocycles. The second-order valence-electron chi connectivity index (χ2n) is 4.71. The van der Waals surface area contributed by atoms with Crippen molar-refractivity contribution in [3.05, 3.63) is 29.8 Å². The average Bonchev–Trinajstić information content (AvgIpc) is 2.88. The van der Waals surface area contributed by atoms with E-state index in [-0.39, 0.29) is 12.5 Å². The summed E-state index contributed by atoms with van der Waals surface area (Å²) in [6.45, 7) is 2.73. The lowest BCUT2D eigenvalue weighted by atomic mass is 9.99. The highest BCUT2D eigenvalue weighted by Crippen LogP contribution is 2.19. The van der Waals surface area contributed by atoms with Gasteiger partial charge in [-0.3, -0.25) is 4.79 Å². The zero-order valence-electron chi connectivity index (χ0n) is 11.3. The summed E-state index contributed by atoms with van der Waals surface area (Å²) in [5.41, 5.74) is 5.87. The molecule has 1 atom stereocenters. The van der Waals surface area contributed by atoms with Gasteiger partial charge in [0.2, 0.25) is 5.91 Å². The third-order valence-electron chi connectivity index (χ3n) is 3.14. The molecule has 2 rings (SSSR count). The molecule has 1 aromatic rings. The van der Waals surface area contributed by atoms with Crippen LogP contribution in [-0.2, 0) is 14.3 Å². The maximum Gasteiger partial charge on any atom is 0.338 e. The van der Waals surface area contributed by atoms with Crippen molar-refractivity contribution in [1.29, 1.82) is 0 Å². The van der Waals surface area contributed by atoms with Gasteiger partial charge in [-0.25, -0.2) is 4.79 Å². The molecule has 1 heterocycles. The number of hydrogen-bond donors (Lipinski definition) is 2. The van der Waals surface area contributed by atoms with Crippen LogP contribution in [-0.4, -0.2) is 37.2 Å². The first-order chi connectivity index (χ1) is 9.55. The van der Waals surface area contributed by atoms with Gasteiger partial charge in [0, 0.05) is 12.3 Å². The molecule has 0 aliphatic carbocycles. The molecule has 6 nitrogen and oxygen atoms in total.